The first kappa shape index (κ1) is 18.6. The fourth-order valence-electron chi connectivity index (χ4n) is 3.23. The van der Waals surface area contributed by atoms with E-state index in [4.69, 9.17) is 4.42 Å². The molecule has 4 rings (SSSR count). The summed E-state index contributed by atoms with van der Waals surface area (Å²) >= 11 is 0. The highest BCUT2D eigenvalue weighted by atomic mass is 19.1. The molecule has 0 saturated heterocycles. The molecule has 7 heteroatoms. The van der Waals surface area contributed by atoms with Gasteiger partial charge in [-0.1, -0.05) is 12.1 Å². The average molecular weight is 391 g/mol. The Morgan fingerprint density at radius 2 is 1.90 bits per heavy atom. The van der Waals surface area contributed by atoms with Crippen molar-refractivity contribution in [2.75, 3.05) is 0 Å². The third kappa shape index (κ3) is 3.67. The van der Waals surface area contributed by atoms with Crippen LogP contribution in [0.4, 0.5) is 4.39 Å². The lowest BCUT2D eigenvalue weighted by Crippen LogP contribution is -1.99. The molecule has 0 unspecified atom stereocenters. The fourth-order valence-corrected chi connectivity index (χ4v) is 3.23. The number of aromatic nitrogens is 3. The van der Waals surface area contributed by atoms with Gasteiger partial charge in [0.05, 0.1) is 17.8 Å². The third-order valence-corrected chi connectivity index (χ3v) is 4.65. The molecule has 2 aromatic carbocycles. The summed E-state index contributed by atoms with van der Waals surface area (Å²) < 4.78 is 20.7. The maximum absolute atomic E-state index is 13.2. The van der Waals surface area contributed by atoms with Crippen molar-refractivity contribution < 1.29 is 18.7 Å². The predicted octanol–water partition coefficient (Wildman–Crippen LogP) is 4.78. The highest BCUT2D eigenvalue weighted by Crippen LogP contribution is 2.28. The van der Waals surface area contributed by atoms with E-state index in [0.29, 0.717) is 28.1 Å². The zero-order valence-corrected chi connectivity index (χ0v) is 15.9. The number of halogens is 1. The maximum atomic E-state index is 13.2. The van der Waals surface area contributed by atoms with Crippen LogP contribution in [0.5, 0.6) is 0 Å². The lowest BCUT2D eigenvalue weighted by atomic mass is 10.1. The van der Waals surface area contributed by atoms with E-state index in [1.54, 1.807) is 29.0 Å². The van der Waals surface area contributed by atoms with Crippen molar-refractivity contribution in [3.8, 4) is 5.69 Å². The largest absolute Gasteiger partial charge is 0.481 e. The molecule has 0 atom stereocenters. The molecule has 0 bridgehead atoms. The highest BCUT2D eigenvalue weighted by molar-refractivity contribution is 5.91. The second kappa shape index (κ2) is 7.35. The minimum Gasteiger partial charge on any atom is -0.481 e. The van der Waals surface area contributed by atoms with Crippen LogP contribution >= 0.6 is 0 Å². The fraction of sp³-hybridized carbons (Fsp3) is 0.136. The molecule has 0 amide bonds. The van der Waals surface area contributed by atoms with Crippen molar-refractivity contribution in [1.82, 2.24) is 14.8 Å². The lowest BCUT2D eigenvalue weighted by Gasteiger charge is -2.05. The first-order valence-electron chi connectivity index (χ1n) is 9.03. The van der Waals surface area contributed by atoms with Gasteiger partial charge in [-0.25, -0.2) is 14.1 Å². The van der Waals surface area contributed by atoms with Gasteiger partial charge in [0.2, 0.25) is 5.89 Å². The number of fused-ring (bicyclic) bond motifs is 1. The minimum atomic E-state index is -0.986. The van der Waals surface area contributed by atoms with E-state index in [1.165, 1.54) is 12.1 Å². The normalized spacial score (nSPS) is 11.9. The zero-order valence-electron chi connectivity index (χ0n) is 15.9. The number of nitrogens with zero attached hydrogens (tertiary/aromatic N) is 3. The van der Waals surface area contributed by atoms with Gasteiger partial charge >= 0.3 is 5.97 Å². The first-order valence-corrected chi connectivity index (χ1v) is 9.03. The molecule has 2 aromatic heterocycles. The van der Waals surface area contributed by atoms with Crippen LogP contribution in [0.3, 0.4) is 0 Å². The van der Waals surface area contributed by atoms with Crippen molar-refractivity contribution in [2.45, 2.75) is 20.3 Å². The number of carbonyl (C=O) groups is 1. The molecule has 146 valence electrons. The summed E-state index contributed by atoms with van der Waals surface area (Å²) in [4.78, 5) is 15.9. The number of benzene rings is 2. The molecule has 0 aliphatic carbocycles. The SMILES string of the molecule is Cc1nn(-c2ccc(F)cc2)c(C)c1/C=C(\CC(=O)O)c1nc2ccccc2o1. The molecular weight excluding hydrogens is 373 g/mol. The van der Waals surface area contributed by atoms with E-state index in [0.717, 1.165) is 11.3 Å². The Bertz CT molecular complexity index is 1200. The van der Waals surface area contributed by atoms with E-state index in [2.05, 4.69) is 10.1 Å². The van der Waals surface area contributed by atoms with Gasteiger partial charge in [-0.05, 0) is 56.3 Å². The maximum Gasteiger partial charge on any atom is 0.308 e. The molecule has 6 nitrogen and oxygen atoms in total. The van der Waals surface area contributed by atoms with E-state index in [9.17, 15) is 14.3 Å². The molecule has 0 saturated carbocycles. The van der Waals surface area contributed by atoms with Gasteiger partial charge in [0.25, 0.3) is 0 Å². The third-order valence-electron chi connectivity index (χ3n) is 4.65. The van der Waals surface area contributed by atoms with Gasteiger partial charge in [0.15, 0.2) is 5.58 Å². The molecule has 0 fully saturated rings. The number of aryl methyl sites for hydroxylation is 1. The molecular formula is C22H18FN3O3. The molecule has 2 heterocycles. The van der Waals surface area contributed by atoms with Crippen molar-refractivity contribution in [3.05, 3.63) is 77.2 Å². The Hall–Kier alpha value is -3.74. The van der Waals surface area contributed by atoms with Crippen molar-refractivity contribution in [1.29, 1.82) is 0 Å². The molecule has 0 aliphatic heterocycles. The van der Waals surface area contributed by atoms with Gasteiger partial charge in [-0.3, -0.25) is 4.79 Å². The quantitative estimate of drug-likeness (QED) is 0.529. The Kier molecular flexibility index (Phi) is 4.72. The minimum absolute atomic E-state index is 0.243. The van der Waals surface area contributed by atoms with Crippen LogP contribution in [-0.2, 0) is 4.79 Å². The molecule has 1 N–H and O–H groups in total. The summed E-state index contributed by atoms with van der Waals surface area (Å²) in [7, 11) is 0. The summed E-state index contributed by atoms with van der Waals surface area (Å²) in [5.41, 5.74) is 4.70. The molecule has 4 aromatic rings. The lowest BCUT2D eigenvalue weighted by molar-refractivity contribution is -0.135. The van der Waals surface area contributed by atoms with Gasteiger partial charge < -0.3 is 9.52 Å². The van der Waals surface area contributed by atoms with Crippen molar-refractivity contribution in [3.63, 3.8) is 0 Å². The number of oxazole rings is 1. The summed E-state index contributed by atoms with van der Waals surface area (Å²) in [6, 6.07) is 13.3. The van der Waals surface area contributed by atoms with Crippen LogP contribution in [0, 0.1) is 19.7 Å². The molecule has 0 aliphatic rings. The van der Waals surface area contributed by atoms with Crippen LogP contribution in [0.1, 0.15) is 29.3 Å². The van der Waals surface area contributed by atoms with E-state index >= 15 is 0 Å². The van der Waals surface area contributed by atoms with Gasteiger partial charge in [0, 0.05) is 16.8 Å². The molecule has 0 radical (unpaired) electrons. The van der Waals surface area contributed by atoms with Crippen molar-refractivity contribution in [2.24, 2.45) is 0 Å². The van der Waals surface area contributed by atoms with Crippen LogP contribution in [0.2, 0.25) is 0 Å². The zero-order chi connectivity index (χ0) is 20.5. The summed E-state index contributed by atoms with van der Waals surface area (Å²) in [5.74, 6) is -1.04. The number of aliphatic carboxylic acids is 1. The number of carboxylic acid groups (broad SMARTS) is 1. The Morgan fingerprint density at radius 1 is 1.17 bits per heavy atom. The smallest absolute Gasteiger partial charge is 0.308 e. The van der Waals surface area contributed by atoms with E-state index in [-0.39, 0.29) is 18.1 Å². The van der Waals surface area contributed by atoms with Gasteiger partial charge in [0.1, 0.15) is 11.3 Å². The van der Waals surface area contributed by atoms with Crippen molar-refractivity contribution >= 4 is 28.7 Å². The summed E-state index contributed by atoms with van der Waals surface area (Å²) in [6.45, 7) is 3.71. The van der Waals surface area contributed by atoms with E-state index in [1.807, 2.05) is 32.0 Å². The summed E-state index contributed by atoms with van der Waals surface area (Å²) in [5, 5.41) is 13.9. The van der Waals surface area contributed by atoms with Gasteiger partial charge in [-0.15, -0.1) is 0 Å². The monoisotopic (exact) mass is 391 g/mol. The van der Waals surface area contributed by atoms with Crippen LogP contribution < -0.4 is 0 Å². The van der Waals surface area contributed by atoms with E-state index < -0.39 is 5.97 Å². The van der Waals surface area contributed by atoms with Crippen LogP contribution in [-0.4, -0.2) is 25.8 Å². The number of hydrogen-bond acceptors (Lipinski definition) is 4. The number of carboxylic acids is 1. The second-order valence-corrected chi connectivity index (χ2v) is 6.70. The van der Waals surface area contributed by atoms with Gasteiger partial charge in [-0.2, -0.15) is 5.10 Å². The highest BCUT2D eigenvalue weighted by Gasteiger charge is 2.18. The Morgan fingerprint density at radius 3 is 2.59 bits per heavy atom. The topological polar surface area (TPSA) is 81.2 Å². The predicted molar refractivity (Wildman–Crippen MR) is 107 cm³/mol. The van der Waals surface area contributed by atoms with Crippen LogP contribution in [0.15, 0.2) is 52.9 Å². The van der Waals surface area contributed by atoms with Crippen LogP contribution in [0.25, 0.3) is 28.4 Å². The molecule has 29 heavy (non-hydrogen) atoms. The summed E-state index contributed by atoms with van der Waals surface area (Å²) in [6.07, 6.45) is 1.50. The number of para-hydroxylation sites is 2. The number of hydrogen-bond donors (Lipinski definition) is 1. The Labute approximate surface area is 165 Å². The molecule has 0 spiro atoms. The Balaban J connectivity index is 1.82. The average Bonchev–Trinajstić information content (AvgIpc) is 3.24. The standard InChI is InChI=1S/C22H18FN3O3/c1-13-18(14(2)26(25-13)17-9-7-16(23)8-10-17)11-15(12-21(27)28)22-24-19-5-3-4-6-20(19)29-22/h3-11H,12H2,1-2H3,(H,27,28)/b15-11+. The number of rotatable bonds is 5. The first-order chi connectivity index (χ1) is 13.9. The second-order valence-electron chi connectivity index (χ2n) is 6.70.